The van der Waals surface area contributed by atoms with Gasteiger partial charge in [0.15, 0.2) is 0 Å². The van der Waals surface area contributed by atoms with E-state index in [4.69, 9.17) is 9.16 Å². The molecule has 0 saturated carbocycles. The van der Waals surface area contributed by atoms with Gasteiger partial charge in [0.1, 0.15) is 0 Å². The number of thioether (sulfide) groups is 1. The molecule has 0 bridgehead atoms. The summed E-state index contributed by atoms with van der Waals surface area (Å²) >= 11 is 1.90. The zero-order valence-electron chi connectivity index (χ0n) is 20.4. The van der Waals surface area contributed by atoms with Crippen molar-refractivity contribution in [2.24, 2.45) is 5.41 Å². The smallest absolute Gasteiger partial charge is 0.261 e. The first kappa shape index (κ1) is 24.6. The molecule has 3 atom stereocenters. The minimum atomic E-state index is -2.53. The standard InChI is InChI=1S/C27H40O2SSi/c1-26(2,3)25-24(28-25)20-21(18-19-30-7)29-31(27(4,5)6,22-14-10-8-11-15-22)23-16-12-9-13-17-23/h8-17,21,24-25H,18-20H2,1-7H3/t21-,24+,25-/m0/s1. The quantitative estimate of drug-likeness (QED) is 0.347. The van der Waals surface area contributed by atoms with E-state index >= 15 is 0 Å². The van der Waals surface area contributed by atoms with E-state index in [1.165, 1.54) is 10.4 Å². The molecule has 0 spiro atoms. The molecule has 4 heteroatoms. The van der Waals surface area contributed by atoms with Crippen LogP contribution < -0.4 is 10.4 Å². The Balaban J connectivity index is 2.01. The average Bonchev–Trinajstić information content (AvgIpc) is 3.50. The Morgan fingerprint density at radius 2 is 1.42 bits per heavy atom. The molecule has 0 aromatic heterocycles. The lowest BCUT2D eigenvalue weighted by Gasteiger charge is -2.45. The number of hydrogen-bond acceptors (Lipinski definition) is 3. The highest BCUT2D eigenvalue weighted by molar-refractivity contribution is 7.98. The van der Waals surface area contributed by atoms with Crippen molar-refractivity contribution in [3.8, 4) is 0 Å². The molecule has 2 aromatic carbocycles. The normalized spacial score (nSPS) is 20.5. The predicted octanol–water partition coefficient (Wildman–Crippen LogP) is 5.89. The number of ether oxygens (including phenoxy) is 1. The van der Waals surface area contributed by atoms with Gasteiger partial charge in [-0.25, -0.2) is 0 Å². The van der Waals surface area contributed by atoms with Gasteiger partial charge in [-0.15, -0.1) is 0 Å². The summed E-state index contributed by atoms with van der Waals surface area (Å²) in [5.41, 5.74) is 0.187. The predicted molar refractivity (Wildman–Crippen MR) is 138 cm³/mol. The van der Waals surface area contributed by atoms with Crippen LogP contribution in [0.4, 0.5) is 0 Å². The zero-order chi connectivity index (χ0) is 22.7. The van der Waals surface area contributed by atoms with Crippen molar-refractivity contribution in [3.63, 3.8) is 0 Å². The first-order valence-electron chi connectivity index (χ1n) is 11.5. The van der Waals surface area contributed by atoms with Crippen molar-refractivity contribution in [1.82, 2.24) is 0 Å². The molecule has 1 saturated heterocycles. The zero-order valence-corrected chi connectivity index (χ0v) is 22.2. The molecule has 1 fully saturated rings. The van der Waals surface area contributed by atoms with Gasteiger partial charge in [0.05, 0.1) is 12.2 Å². The van der Waals surface area contributed by atoms with E-state index in [-0.39, 0.29) is 16.6 Å². The molecule has 3 rings (SSSR count). The third kappa shape index (κ3) is 5.65. The maximum absolute atomic E-state index is 7.43. The topological polar surface area (TPSA) is 21.8 Å². The number of hydrogen-bond donors (Lipinski definition) is 0. The first-order valence-corrected chi connectivity index (χ1v) is 14.8. The van der Waals surface area contributed by atoms with Gasteiger partial charge >= 0.3 is 0 Å². The Morgan fingerprint density at radius 1 is 0.903 bits per heavy atom. The fourth-order valence-corrected chi connectivity index (χ4v) is 9.99. The van der Waals surface area contributed by atoms with Crippen LogP contribution in [0, 0.1) is 5.41 Å². The fraction of sp³-hybridized carbons (Fsp3) is 0.556. The molecule has 2 aromatic rings. The lowest BCUT2D eigenvalue weighted by Crippen LogP contribution is -2.67. The molecule has 31 heavy (non-hydrogen) atoms. The average molecular weight is 457 g/mol. The van der Waals surface area contributed by atoms with E-state index in [9.17, 15) is 0 Å². The number of benzene rings is 2. The van der Waals surface area contributed by atoms with Crippen molar-refractivity contribution in [3.05, 3.63) is 60.7 Å². The molecular formula is C27H40O2SSi. The maximum Gasteiger partial charge on any atom is 0.261 e. The molecule has 170 valence electrons. The number of rotatable bonds is 9. The van der Waals surface area contributed by atoms with E-state index in [0.29, 0.717) is 12.2 Å². The summed E-state index contributed by atoms with van der Waals surface area (Å²) in [5, 5.41) is 2.71. The molecule has 1 aliphatic heterocycles. The van der Waals surface area contributed by atoms with Crippen molar-refractivity contribution >= 4 is 30.5 Å². The Hall–Kier alpha value is -1.07. The highest BCUT2D eigenvalue weighted by Crippen LogP contribution is 2.43. The second-order valence-electron chi connectivity index (χ2n) is 10.9. The SMILES string of the molecule is CSCC[C@@H](C[C@H]1O[C@@H]1C(C)(C)C)O[Si](c1ccccc1)(c1ccccc1)C(C)(C)C. The lowest BCUT2D eigenvalue weighted by molar-refractivity contribution is 0.161. The molecule has 2 nitrogen and oxygen atoms in total. The molecule has 1 aliphatic rings. The van der Waals surface area contributed by atoms with Crippen LogP contribution >= 0.6 is 11.8 Å². The number of epoxide rings is 1. The third-order valence-corrected chi connectivity index (χ3v) is 12.1. The Kier molecular flexibility index (Phi) is 7.78. The van der Waals surface area contributed by atoms with Crippen LogP contribution in [0.2, 0.25) is 5.04 Å². The summed E-state index contributed by atoms with van der Waals surface area (Å²) in [6.07, 6.45) is 5.06. The summed E-state index contributed by atoms with van der Waals surface area (Å²) in [6, 6.07) is 22.0. The maximum atomic E-state index is 7.43. The van der Waals surface area contributed by atoms with Crippen LogP contribution in [-0.2, 0) is 9.16 Å². The molecule has 0 amide bonds. The monoisotopic (exact) mass is 456 g/mol. The van der Waals surface area contributed by atoms with Crippen molar-refractivity contribution in [1.29, 1.82) is 0 Å². The van der Waals surface area contributed by atoms with Crippen molar-refractivity contribution < 1.29 is 9.16 Å². The van der Waals surface area contributed by atoms with Gasteiger partial charge < -0.3 is 9.16 Å². The first-order chi connectivity index (χ1) is 14.6. The highest BCUT2D eigenvalue weighted by Gasteiger charge is 2.53. The van der Waals surface area contributed by atoms with Crippen LogP contribution in [0.3, 0.4) is 0 Å². The van der Waals surface area contributed by atoms with Crippen LogP contribution in [0.1, 0.15) is 54.4 Å². The third-order valence-electron chi connectivity index (χ3n) is 6.34. The van der Waals surface area contributed by atoms with Crippen molar-refractivity contribution in [2.75, 3.05) is 12.0 Å². The van der Waals surface area contributed by atoms with Gasteiger partial charge in [0.2, 0.25) is 0 Å². The molecule has 0 radical (unpaired) electrons. The largest absolute Gasteiger partial charge is 0.404 e. The minimum Gasteiger partial charge on any atom is -0.404 e. The van der Waals surface area contributed by atoms with Gasteiger partial charge in [0.25, 0.3) is 8.32 Å². The molecule has 0 unspecified atom stereocenters. The van der Waals surface area contributed by atoms with E-state index < -0.39 is 8.32 Å². The summed E-state index contributed by atoms with van der Waals surface area (Å²) in [7, 11) is -2.53. The van der Waals surface area contributed by atoms with Crippen LogP contribution in [0.25, 0.3) is 0 Å². The highest BCUT2D eigenvalue weighted by atomic mass is 32.2. The second-order valence-corrected chi connectivity index (χ2v) is 16.1. The summed E-state index contributed by atoms with van der Waals surface area (Å²) in [6.45, 7) is 13.9. The van der Waals surface area contributed by atoms with Gasteiger partial charge in [-0.05, 0) is 39.3 Å². The Labute approximate surface area is 195 Å². The summed E-state index contributed by atoms with van der Waals surface area (Å²) in [5.74, 6) is 1.11. The molecule has 0 N–H and O–H groups in total. The van der Waals surface area contributed by atoms with Crippen LogP contribution in [0.15, 0.2) is 60.7 Å². The summed E-state index contributed by atoms with van der Waals surface area (Å²) < 4.78 is 13.6. The van der Waals surface area contributed by atoms with Crippen LogP contribution in [-0.4, -0.2) is 38.6 Å². The van der Waals surface area contributed by atoms with Crippen LogP contribution in [0.5, 0.6) is 0 Å². The van der Waals surface area contributed by atoms with E-state index in [0.717, 1.165) is 18.6 Å². The Bertz CT molecular complexity index is 771. The summed E-state index contributed by atoms with van der Waals surface area (Å²) in [4.78, 5) is 0. The van der Waals surface area contributed by atoms with E-state index in [1.54, 1.807) is 0 Å². The van der Waals surface area contributed by atoms with Gasteiger partial charge in [-0.3, -0.25) is 0 Å². The molecular weight excluding hydrogens is 416 g/mol. The Morgan fingerprint density at radius 3 is 1.81 bits per heavy atom. The van der Waals surface area contributed by atoms with E-state index in [2.05, 4.69) is 108 Å². The molecule has 1 heterocycles. The van der Waals surface area contributed by atoms with E-state index in [1.807, 2.05) is 11.8 Å². The van der Waals surface area contributed by atoms with Crippen molar-refractivity contribution in [2.45, 2.75) is 77.7 Å². The van der Waals surface area contributed by atoms with Gasteiger partial charge in [0, 0.05) is 12.5 Å². The van der Waals surface area contributed by atoms with Gasteiger partial charge in [-0.1, -0.05) is 102 Å². The van der Waals surface area contributed by atoms with Gasteiger partial charge in [-0.2, -0.15) is 11.8 Å². The minimum absolute atomic E-state index is 0.00114. The lowest BCUT2D eigenvalue weighted by atomic mass is 9.89. The second kappa shape index (κ2) is 9.82. The fourth-order valence-electron chi connectivity index (χ4n) is 4.76. The molecule has 0 aliphatic carbocycles.